The number of carboxylic acids is 1. The van der Waals surface area contributed by atoms with Gasteiger partial charge in [0, 0.05) is 21.2 Å². The zero-order valence-corrected chi connectivity index (χ0v) is 16.7. The van der Waals surface area contributed by atoms with E-state index in [1.807, 2.05) is 0 Å². The summed E-state index contributed by atoms with van der Waals surface area (Å²) in [4.78, 5) is 16.5. The molecule has 0 spiro atoms. The molecule has 0 unspecified atom stereocenters. The lowest BCUT2D eigenvalue weighted by Gasteiger charge is -2.11. The first-order valence-corrected chi connectivity index (χ1v) is 9.31. The highest BCUT2D eigenvalue weighted by molar-refractivity contribution is 6.35. The van der Waals surface area contributed by atoms with E-state index in [1.54, 1.807) is 54.1 Å². The summed E-state index contributed by atoms with van der Waals surface area (Å²) in [6.45, 7) is 1.71. The number of aromatic nitrogens is 3. The van der Waals surface area contributed by atoms with Crippen molar-refractivity contribution < 1.29 is 9.90 Å². The average Bonchev–Trinajstić information content (AvgIpc) is 2.99. The van der Waals surface area contributed by atoms with E-state index < -0.39 is 5.97 Å². The van der Waals surface area contributed by atoms with Gasteiger partial charge in [0.05, 0.1) is 33.5 Å². The van der Waals surface area contributed by atoms with Gasteiger partial charge in [-0.25, -0.2) is 9.67 Å². The number of nitrogens with zero attached hydrogens (tertiary/aromatic N) is 3. The zero-order valence-electron chi connectivity index (χ0n) is 14.4. The molecule has 8 heteroatoms. The van der Waals surface area contributed by atoms with Gasteiger partial charge in [0.25, 0.3) is 0 Å². The number of benzene rings is 2. The van der Waals surface area contributed by atoms with Crippen molar-refractivity contribution in [1.29, 1.82) is 0 Å². The van der Waals surface area contributed by atoms with Crippen LogP contribution < -0.4 is 5.11 Å². The Labute approximate surface area is 175 Å². The Morgan fingerprint density at radius 1 is 1.04 bits per heavy atom. The number of carbonyl (C=O) groups is 1. The molecule has 0 fully saturated rings. The summed E-state index contributed by atoms with van der Waals surface area (Å²) in [5.74, 6) is -1.33. The van der Waals surface area contributed by atoms with Crippen molar-refractivity contribution in [3.8, 4) is 16.9 Å². The highest BCUT2D eigenvalue weighted by atomic mass is 35.5. The number of halogens is 3. The van der Waals surface area contributed by atoms with E-state index in [9.17, 15) is 9.90 Å². The van der Waals surface area contributed by atoms with Crippen molar-refractivity contribution in [2.24, 2.45) is 0 Å². The van der Waals surface area contributed by atoms with E-state index in [0.29, 0.717) is 48.7 Å². The monoisotopic (exact) mass is 430 g/mol. The van der Waals surface area contributed by atoms with Crippen LogP contribution in [-0.2, 0) is 0 Å². The number of pyridine rings is 1. The Balaban J connectivity index is 2.08. The van der Waals surface area contributed by atoms with Gasteiger partial charge >= 0.3 is 0 Å². The maximum atomic E-state index is 11.8. The molecule has 0 aliphatic heterocycles. The normalized spacial score (nSPS) is 11.1. The molecular formula is C20H11Cl3N3O2-. The Bertz CT molecular complexity index is 1250. The second kappa shape index (κ2) is 7.09. The van der Waals surface area contributed by atoms with Gasteiger partial charge in [-0.15, -0.1) is 0 Å². The number of rotatable bonds is 3. The summed E-state index contributed by atoms with van der Waals surface area (Å²) >= 11 is 18.5. The van der Waals surface area contributed by atoms with Crippen molar-refractivity contribution in [2.45, 2.75) is 6.92 Å². The number of aromatic carboxylic acids is 1. The molecule has 0 aliphatic rings. The fraction of sp³-hybridized carbons (Fsp3) is 0.0500. The second-order valence-electron chi connectivity index (χ2n) is 6.14. The fourth-order valence-corrected chi connectivity index (χ4v) is 3.64. The Hall–Kier alpha value is -2.60. The maximum absolute atomic E-state index is 11.8. The van der Waals surface area contributed by atoms with Gasteiger partial charge in [-0.1, -0.05) is 40.9 Å². The van der Waals surface area contributed by atoms with E-state index in [1.165, 1.54) is 6.07 Å². The molecule has 0 saturated carbocycles. The third kappa shape index (κ3) is 3.22. The molecule has 2 aromatic heterocycles. The van der Waals surface area contributed by atoms with Crippen LogP contribution in [0, 0.1) is 6.92 Å². The van der Waals surface area contributed by atoms with Crippen molar-refractivity contribution in [3.63, 3.8) is 0 Å². The Morgan fingerprint density at radius 3 is 2.50 bits per heavy atom. The van der Waals surface area contributed by atoms with E-state index in [0.717, 1.165) is 0 Å². The topological polar surface area (TPSA) is 70.8 Å². The SMILES string of the molecule is Cc1nn(-c2cccc(Cl)c2)c2nc(-c3cc(Cl)ccc3Cl)cc(C(=O)[O-])c12. The smallest absolute Gasteiger partial charge is 0.164 e. The maximum Gasteiger partial charge on any atom is 0.164 e. The first-order chi connectivity index (χ1) is 13.3. The van der Waals surface area contributed by atoms with Gasteiger partial charge in [0.1, 0.15) is 0 Å². The molecule has 0 saturated heterocycles. The largest absolute Gasteiger partial charge is 0.545 e. The van der Waals surface area contributed by atoms with Gasteiger partial charge in [0.2, 0.25) is 0 Å². The molecule has 0 radical (unpaired) electrons. The molecule has 0 N–H and O–H groups in total. The standard InChI is InChI=1S/C20H12Cl3N3O2/c1-10-18-15(20(27)28)9-17(14-8-12(22)5-6-16(14)23)24-19(18)26(25-10)13-4-2-3-11(21)7-13/h2-9H,1H3,(H,27,28)/p-1. The average molecular weight is 432 g/mol. The molecule has 28 heavy (non-hydrogen) atoms. The minimum absolute atomic E-state index is 0.0261. The van der Waals surface area contributed by atoms with Crippen LogP contribution in [0.2, 0.25) is 15.1 Å². The third-order valence-corrected chi connectivity index (χ3v) is 5.09. The van der Waals surface area contributed by atoms with Crippen LogP contribution in [0.1, 0.15) is 16.1 Å². The van der Waals surface area contributed by atoms with Crippen LogP contribution in [-0.4, -0.2) is 20.7 Å². The van der Waals surface area contributed by atoms with Gasteiger partial charge < -0.3 is 9.90 Å². The number of hydrogen-bond donors (Lipinski definition) is 0. The van der Waals surface area contributed by atoms with E-state index in [4.69, 9.17) is 34.8 Å². The fourth-order valence-electron chi connectivity index (χ4n) is 3.07. The van der Waals surface area contributed by atoms with Crippen LogP contribution in [0.5, 0.6) is 0 Å². The molecule has 0 atom stereocenters. The van der Waals surface area contributed by atoms with E-state index in [-0.39, 0.29) is 5.56 Å². The predicted octanol–water partition coefficient (Wildman–Crippen LogP) is 4.72. The van der Waals surface area contributed by atoms with Crippen molar-refractivity contribution in [1.82, 2.24) is 14.8 Å². The molecule has 0 amide bonds. The summed E-state index contributed by atoms with van der Waals surface area (Å²) in [6, 6.07) is 13.4. The molecule has 4 rings (SSSR count). The molecule has 140 valence electrons. The van der Waals surface area contributed by atoms with Crippen molar-refractivity contribution in [2.75, 3.05) is 0 Å². The molecule has 4 aromatic rings. The highest BCUT2D eigenvalue weighted by Crippen LogP contribution is 2.33. The quantitative estimate of drug-likeness (QED) is 0.470. The lowest BCUT2D eigenvalue weighted by molar-refractivity contribution is -0.254. The Kier molecular flexibility index (Phi) is 4.75. The predicted molar refractivity (Wildman–Crippen MR) is 108 cm³/mol. The number of fused-ring (bicyclic) bond motifs is 1. The molecular weight excluding hydrogens is 421 g/mol. The summed E-state index contributed by atoms with van der Waals surface area (Å²) in [6.07, 6.45) is 0. The van der Waals surface area contributed by atoms with E-state index >= 15 is 0 Å². The molecule has 2 aromatic carbocycles. The van der Waals surface area contributed by atoms with Crippen molar-refractivity contribution >= 4 is 51.8 Å². The van der Waals surface area contributed by atoms with Crippen LogP contribution in [0.4, 0.5) is 0 Å². The first kappa shape index (κ1) is 18.7. The Morgan fingerprint density at radius 2 is 1.79 bits per heavy atom. The number of carboxylic acid groups (broad SMARTS) is 1. The summed E-state index contributed by atoms with van der Waals surface area (Å²) in [7, 11) is 0. The number of carbonyl (C=O) groups excluding carboxylic acids is 1. The lowest BCUT2D eigenvalue weighted by Crippen LogP contribution is -2.23. The summed E-state index contributed by atoms with van der Waals surface area (Å²) in [5.41, 5.74) is 2.34. The minimum Gasteiger partial charge on any atom is -0.545 e. The molecule has 0 aliphatic carbocycles. The number of aryl methyl sites for hydroxylation is 1. The lowest BCUT2D eigenvalue weighted by atomic mass is 10.1. The van der Waals surface area contributed by atoms with Crippen LogP contribution >= 0.6 is 34.8 Å². The van der Waals surface area contributed by atoms with E-state index in [2.05, 4.69) is 10.1 Å². The molecule has 5 nitrogen and oxygen atoms in total. The summed E-state index contributed by atoms with van der Waals surface area (Å²) in [5, 5.41) is 18.1. The van der Waals surface area contributed by atoms with Crippen LogP contribution in [0.3, 0.4) is 0 Å². The molecule has 0 bridgehead atoms. The van der Waals surface area contributed by atoms with Gasteiger partial charge in [0.15, 0.2) is 5.65 Å². The minimum atomic E-state index is -1.33. The van der Waals surface area contributed by atoms with Gasteiger partial charge in [-0.05, 0) is 49.4 Å². The zero-order chi connectivity index (χ0) is 20.0. The summed E-state index contributed by atoms with van der Waals surface area (Å²) < 4.78 is 1.55. The van der Waals surface area contributed by atoms with Crippen LogP contribution in [0.15, 0.2) is 48.5 Å². The molecule has 2 heterocycles. The third-order valence-electron chi connectivity index (χ3n) is 4.29. The number of hydrogen-bond acceptors (Lipinski definition) is 4. The first-order valence-electron chi connectivity index (χ1n) is 8.18. The van der Waals surface area contributed by atoms with Gasteiger partial charge in [-0.3, -0.25) is 0 Å². The highest BCUT2D eigenvalue weighted by Gasteiger charge is 2.18. The van der Waals surface area contributed by atoms with Gasteiger partial charge in [-0.2, -0.15) is 5.10 Å². The van der Waals surface area contributed by atoms with Crippen molar-refractivity contribution in [3.05, 3.63) is 74.9 Å². The van der Waals surface area contributed by atoms with Crippen LogP contribution in [0.25, 0.3) is 28.0 Å². The second-order valence-corrected chi connectivity index (χ2v) is 7.42.